The number of ether oxygens (including phenoxy) is 1. The maximum Gasteiger partial charge on any atom is 0.384 e. The van der Waals surface area contributed by atoms with Gasteiger partial charge in [-0.05, 0) is 18.4 Å². The standard InChI is InChI=1S/C15H16O2/c1-17-15(16)13-9-4-2-3-6-10-14-11-7-5-8-12-14/h5-8,10-12H,2-4H2,1H3. The van der Waals surface area contributed by atoms with Crippen LogP contribution in [0.4, 0.5) is 0 Å². The van der Waals surface area contributed by atoms with Crippen molar-refractivity contribution in [1.82, 2.24) is 0 Å². The number of carbonyl (C=O) groups is 1. The molecule has 0 atom stereocenters. The predicted molar refractivity (Wildman–Crippen MR) is 69.1 cm³/mol. The van der Waals surface area contributed by atoms with Gasteiger partial charge in [-0.1, -0.05) is 48.4 Å². The average molecular weight is 228 g/mol. The van der Waals surface area contributed by atoms with Gasteiger partial charge in [0.2, 0.25) is 0 Å². The van der Waals surface area contributed by atoms with E-state index in [1.807, 2.05) is 18.2 Å². The summed E-state index contributed by atoms with van der Waals surface area (Å²) in [5, 5.41) is 0. The molecule has 0 bridgehead atoms. The van der Waals surface area contributed by atoms with Crippen molar-refractivity contribution in [3.8, 4) is 11.8 Å². The number of benzene rings is 1. The lowest BCUT2D eigenvalue weighted by molar-refractivity contribution is -0.133. The summed E-state index contributed by atoms with van der Waals surface area (Å²) in [6.45, 7) is 0. The monoisotopic (exact) mass is 228 g/mol. The van der Waals surface area contributed by atoms with Crippen molar-refractivity contribution >= 4 is 12.0 Å². The molecule has 0 saturated heterocycles. The number of unbranched alkanes of at least 4 members (excludes halogenated alkanes) is 2. The summed E-state index contributed by atoms with van der Waals surface area (Å²) < 4.78 is 4.41. The lowest BCUT2D eigenvalue weighted by Gasteiger charge is -1.91. The zero-order valence-electron chi connectivity index (χ0n) is 9.98. The minimum absolute atomic E-state index is 0.468. The first-order chi connectivity index (χ1) is 8.33. The largest absolute Gasteiger partial charge is 0.459 e. The minimum atomic E-state index is -0.468. The second-order valence-corrected chi connectivity index (χ2v) is 3.50. The van der Waals surface area contributed by atoms with Gasteiger partial charge >= 0.3 is 5.97 Å². The molecule has 0 aliphatic rings. The first-order valence-electron chi connectivity index (χ1n) is 5.61. The van der Waals surface area contributed by atoms with Crippen molar-refractivity contribution in [3.63, 3.8) is 0 Å². The zero-order chi connectivity index (χ0) is 12.3. The van der Waals surface area contributed by atoms with E-state index in [4.69, 9.17) is 0 Å². The summed E-state index contributed by atoms with van der Waals surface area (Å²) in [6.07, 6.45) is 6.84. The Kier molecular flexibility index (Phi) is 6.28. The van der Waals surface area contributed by atoms with E-state index in [1.165, 1.54) is 12.7 Å². The molecular weight excluding hydrogens is 212 g/mol. The van der Waals surface area contributed by atoms with Crippen LogP contribution < -0.4 is 0 Å². The fraction of sp³-hybridized carbons (Fsp3) is 0.267. The summed E-state index contributed by atoms with van der Waals surface area (Å²) >= 11 is 0. The van der Waals surface area contributed by atoms with Gasteiger partial charge in [-0.15, -0.1) is 0 Å². The molecule has 0 heterocycles. The van der Waals surface area contributed by atoms with Crippen LogP contribution in [-0.4, -0.2) is 13.1 Å². The first kappa shape index (κ1) is 13.1. The summed E-state index contributed by atoms with van der Waals surface area (Å²) in [7, 11) is 1.33. The molecule has 88 valence electrons. The minimum Gasteiger partial charge on any atom is -0.459 e. The number of methoxy groups -OCH3 is 1. The molecule has 0 amide bonds. The smallest absolute Gasteiger partial charge is 0.384 e. The molecule has 0 radical (unpaired) electrons. The van der Waals surface area contributed by atoms with Crippen LogP contribution in [0.25, 0.3) is 6.08 Å². The topological polar surface area (TPSA) is 26.3 Å². The number of hydrogen-bond acceptors (Lipinski definition) is 2. The Balaban J connectivity index is 2.18. The van der Waals surface area contributed by atoms with E-state index >= 15 is 0 Å². The van der Waals surface area contributed by atoms with Crippen molar-refractivity contribution in [2.75, 3.05) is 7.11 Å². The Morgan fingerprint density at radius 1 is 1.35 bits per heavy atom. The molecule has 17 heavy (non-hydrogen) atoms. The Morgan fingerprint density at radius 2 is 2.12 bits per heavy atom. The van der Waals surface area contributed by atoms with Gasteiger partial charge in [0.1, 0.15) is 0 Å². The van der Waals surface area contributed by atoms with Gasteiger partial charge in [0.25, 0.3) is 0 Å². The molecule has 0 saturated carbocycles. The highest BCUT2D eigenvalue weighted by Crippen LogP contribution is 2.03. The third kappa shape index (κ3) is 6.21. The van der Waals surface area contributed by atoms with E-state index in [0.29, 0.717) is 6.42 Å². The molecule has 2 nitrogen and oxygen atoms in total. The SMILES string of the molecule is COC(=O)C#CCCCC=Cc1ccccc1. The quantitative estimate of drug-likeness (QED) is 0.342. The molecule has 2 heteroatoms. The lowest BCUT2D eigenvalue weighted by Crippen LogP contribution is -1.93. The van der Waals surface area contributed by atoms with Gasteiger partial charge in [-0.2, -0.15) is 0 Å². The Bertz CT molecular complexity index is 421. The van der Waals surface area contributed by atoms with Gasteiger partial charge in [0.05, 0.1) is 7.11 Å². The molecule has 0 aliphatic carbocycles. The number of hydrogen-bond donors (Lipinski definition) is 0. The van der Waals surface area contributed by atoms with Gasteiger partial charge in [-0.25, -0.2) is 4.79 Å². The highest BCUT2D eigenvalue weighted by molar-refractivity contribution is 5.88. The van der Waals surface area contributed by atoms with E-state index in [2.05, 4.69) is 40.9 Å². The van der Waals surface area contributed by atoms with Crippen LogP contribution in [-0.2, 0) is 9.53 Å². The molecule has 0 fully saturated rings. The average Bonchev–Trinajstić information content (AvgIpc) is 2.38. The molecule has 1 aromatic rings. The number of allylic oxidation sites excluding steroid dienone is 1. The summed E-state index contributed by atoms with van der Waals surface area (Å²) in [4.78, 5) is 10.7. The van der Waals surface area contributed by atoms with E-state index < -0.39 is 5.97 Å². The third-order valence-corrected chi connectivity index (χ3v) is 2.16. The molecule has 1 aromatic carbocycles. The molecule has 0 unspecified atom stereocenters. The van der Waals surface area contributed by atoms with Crippen molar-refractivity contribution in [2.45, 2.75) is 19.3 Å². The van der Waals surface area contributed by atoms with Crippen molar-refractivity contribution in [2.24, 2.45) is 0 Å². The van der Waals surface area contributed by atoms with Crippen LogP contribution in [0.15, 0.2) is 36.4 Å². The van der Waals surface area contributed by atoms with Gasteiger partial charge in [0, 0.05) is 12.3 Å². The maximum atomic E-state index is 10.7. The lowest BCUT2D eigenvalue weighted by atomic mass is 10.1. The first-order valence-corrected chi connectivity index (χ1v) is 5.61. The van der Waals surface area contributed by atoms with Crippen molar-refractivity contribution < 1.29 is 9.53 Å². The second-order valence-electron chi connectivity index (χ2n) is 3.50. The molecule has 0 spiro atoms. The van der Waals surface area contributed by atoms with Gasteiger partial charge in [-0.3, -0.25) is 0 Å². The molecule has 0 aromatic heterocycles. The Hall–Kier alpha value is -2.01. The predicted octanol–water partition coefficient (Wildman–Crippen LogP) is 3.05. The van der Waals surface area contributed by atoms with Crippen LogP contribution in [0.1, 0.15) is 24.8 Å². The van der Waals surface area contributed by atoms with Crippen LogP contribution in [0.2, 0.25) is 0 Å². The van der Waals surface area contributed by atoms with Crippen molar-refractivity contribution in [3.05, 3.63) is 42.0 Å². The van der Waals surface area contributed by atoms with Crippen LogP contribution in [0, 0.1) is 11.8 Å². The Labute approximate surface area is 102 Å². The second kappa shape index (κ2) is 8.18. The molecular formula is C15H16O2. The summed E-state index contributed by atoms with van der Waals surface area (Å²) in [6, 6.07) is 10.2. The highest BCUT2D eigenvalue weighted by atomic mass is 16.5. The number of rotatable bonds is 4. The van der Waals surface area contributed by atoms with E-state index in [1.54, 1.807) is 0 Å². The highest BCUT2D eigenvalue weighted by Gasteiger charge is 1.88. The maximum absolute atomic E-state index is 10.7. The number of esters is 1. The van der Waals surface area contributed by atoms with Crippen LogP contribution in [0.5, 0.6) is 0 Å². The van der Waals surface area contributed by atoms with Gasteiger partial charge in [0.15, 0.2) is 0 Å². The molecule has 0 aliphatic heterocycles. The summed E-state index contributed by atoms with van der Waals surface area (Å²) in [5.41, 5.74) is 1.20. The van der Waals surface area contributed by atoms with E-state index in [-0.39, 0.29) is 0 Å². The molecule has 1 rings (SSSR count). The van der Waals surface area contributed by atoms with Crippen LogP contribution in [0.3, 0.4) is 0 Å². The van der Waals surface area contributed by atoms with E-state index in [0.717, 1.165) is 12.8 Å². The number of carbonyl (C=O) groups excluding carboxylic acids is 1. The van der Waals surface area contributed by atoms with Crippen molar-refractivity contribution in [1.29, 1.82) is 0 Å². The fourth-order valence-electron chi connectivity index (χ4n) is 1.28. The zero-order valence-corrected chi connectivity index (χ0v) is 9.98. The molecule has 0 N–H and O–H groups in total. The van der Waals surface area contributed by atoms with Crippen LogP contribution >= 0.6 is 0 Å². The fourth-order valence-corrected chi connectivity index (χ4v) is 1.28. The Morgan fingerprint density at radius 3 is 2.82 bits per heavy atom. The van der Waals surface area contributed by atoms with Gasteiger partial charge < -0.3 is 4.74 Å². The normalized spacial score (nSPS) is 9.71. The van der Waals surface area contributed by atoms with E-state index in [9.17, 15) is 4.79 Å². The third-order valence-electron chi connectivity index (χ3n) is 2.16. The summed E-state index contributed by atoms with van der Waals surface area (Å²) in [5.74, 6) is 4.71.